The minimum Gasteiger partial charge on any atom is -0.481 e. The van der Waals surface area contributed by atoms with Gasteiger partial charge in [0.05, 0.1) is 5.92 Å². The third-order valence-corrected chi connectivity index (χ3v) is 4.51. The molecule has 0 saturated heterocycles. The average molecular weight is 280 g/mol. The molecule has 0 spiro atoms. The second-order valence-corrected chi connectivity index (χ2v) is 5.83. The molecule has 0 heterocycles. The number of carboxylic acid groups (broad SMARTS) is 1. The van der Waals surface area contributed by atoms with Gasteiger partial charge < -0.3 is 5.11 Å². The molecule has 0 radical (unpaired) electrons. The third-order valence-electron chi connectivity index (χ3n) is 4.51. The number of carboxylic acids is 1. The molecule has 0 aliphatic heterocycles. The second-order valence-electron chi connectivity index (χ2n) is 5.83. The quantitative estimate of drug-likeness (QED) is 0.903. The molecule has 3 rings (SSSR count). The highest BCUT2D eigenvalue weighted by Crippen LogP contribution is 2.38. The van der Waals surface area contributed by atoms with E-state index in [9.17, 15) is 9.90 Å². The monoisotopic (exact) mass is 280 g/mol. The first-order valence-electron chi connectivity index (χ1n) is 7.61. The fourth-order valence-electron chi connectivity index (χ4n) is 3.45. The first kappa shape index (κ1) is 13.9. The van der Waals surface area contributed by atoms with Gasteiger partial charge >= 0.3 is 5.97 Å². The van der Waals surface area contributed by atoms with Gasteiger partial charge in [0.25, 0.3) is 0 Å². The van der Waals surface area contributed by atoms with E-state index in [1.165, 1.54) is 11.1 Å². The molecule has 0 fully saturated rings. The van der Waals surface area contributed by atoms with Crippen LogP contribution in [-0.4, -0.2) is 11.1 Å². The van der Waals surface area contributed by atoms with Crippen LogP contribution in [0.15, 0.2) is 54.6 Å². The van der Waals surface area contributed by atoms with Crippen LogP contribution < -0.4 is 0 Å². The lowest BCUT2D eigenvalue weighted by molar-refractivity contribution is -0.139. The number of aryl methyl sites for hydroxylation is 1. The summed E-state index contributed by atoms with van der Waals surface area (Å²) in [4.78, 5) is 11.7. The molecule has 2 atom stereocenters. The van der Waals surface area contributed by atoms with E-state index in [0.29, 0.717) is 12.3 Å². The van der Waals surface area contributed by atoms with Gasteiger partial charge in [0.1, 0.15) is 0 Å². The summed E-state index contributed by atoms with van der Waals surface area (Å²) in [5.74, 6) is -0.775. The molecule has 2 heteroatoms. The van der Waals surface area contributed by atoms with Gasteiger partial charge in [-0.25, -0.2) is 0 Å². The van der Waals surface area contributed by atoms with E-state index >= 15 is 0 Å². The van der Waals surface area contributed by atoms with Crippen molar-refractivity contribution in [2.75, 3.05) is 0 Å². The molecule has 2 unspecified atom stereocenters. The SMILES string of the molecule is O=C(O)C(CC1CCCc2ccccc21)c1ccccc1. The van der Waals surface area contributed by atoms with Gasteiger partial charge in [-0.2, -0.15) is 0 Å². The minimum atomic E-state index is -0.718. The van der Waals surface area contributed by atoms with Crippen molar-refractivity contribution < 1.29 is 9.90 Å². The lowest BCUT2D eigenvalue weighted by atomic mass is 9.77. The van der Waals surface area contributed by atoms with Gasteiger partial charge in [0, 0.05) is 0 Å². The Morgan fingerprint density at radius 2 is 1.81 bits per heavy atom. The molecule has 2 aromatic carbocycles. The van der Waals surface area contributed by atoms with Crippen LogP contribution in [0.3, 0.4) is 0 Å². The van der Waals surface area contributed by atoms with E-state index in [1.807, 2.05) is 30.3 Å². The molecule has 1 aliphatic rings. The lowest BCUT2D eigenvalue weighted by Crippen LogP contribution is -2.18. The van der Waals surface area contributed by atoms with Crippen molar-refractivity contribution in [3.63, 3.8) is 0 Å². The van der Waals surface area contributed by atoms with Crippen LogP contribution in [0.4, 0.5) is 0 Å². The zero-order valence-electron chi connectivity index (χ0n) is 12.0. The lowest BCUT2D eigenvalue weighted by Gasteiger charge is -2.27. The Bertz CT molecular complexity index is 618. The first-order valence-corrected chi connectivity index (χ1v) is 7.61. The molecule has 0 amide bonds. The molecule has 0 bridgehead atoms. The summed E-state index contributed by atoms with van der Waals surface area (Å²) in [5.41, 5.74) is 3.66. The van der Waals surface area contributed by atoms with Crippen LogP contribution in [0.25, 0.3) is 0 Å². The van der Waals surface area contributed by atoms with Gasteiger partial charge in [-0.15, -0.1) is 0 Å². The Kier molecular flexibility index (Phi) is 4.05. The summed E-state index contributed by atoms with van der Waals surface area (Å²) in [6.07, 6.45) is 4.06. The molecule has 0 saturated carbocycles. The summed E-state index contributed by atoms with van der Waals surface area (Å²) in [6.45, 7) is 0. The molecule has 1 N–H and O–H groups in total. The third kappa shape index (κ3) is 2.99. The number of hydrogen-bond acceptors (Lipinski definition) is 1. The number of aliphatic carboxylic acids is 1. The fraction of sp³-hybridized carbons (Fsp3) is 0.316. The Hall–Kier alpha value is -2.09. The average Bonchev–Trinajstić information content (AvgIpc) is 2.53. The van der Waals surface area contributed by atoms with Crippen LogP contribution in [0.1, 0.15) is 47.8 Å². The van der Waals surface area contributed by atoms with E-state index in [2.05, 4.69) is 24.3 Å². The van der Waals surface area contributed by atoms with Crippen LogP contribution >= 0.6 is 0 Å². The highest BCUT2D eigenvalue weighted by molar-refractivity contribution is 5.76. The van der Waals surface area contributed by atoms with Gasteiger partial charge in [0.2, 0.25) is 0 Å². The van der Waals surface area contributed by atoms with Gasteiger partial charge in [-0.1, -0.05) is 54.6 Å². The standard InChI is InChI=1S/C19H20O2/c20-19(21)18(15-7-2-1-3-8-15)13-16-11-6-10-14-9-4-5-12-17(14)16/h1-5,7-9,12,16,18H,6,10-11,13H2,(H,20,21). The number of hydrogen-bond donors (Lipinski definition) is 1. The Morgan fingerprint density at radius 1 is 1.10 bits per heavy atom. The van der Waals surface area contributed by atoms with Crippen molar-refractivity contribution in [3.8, 4) is 0 Å². The molecule has 21 heavy (non-hydrogen) atoms. The predicted molar refractivity (Wildman–Crippen MR) is 83.6 cm³/mol. The summed E-state index contributed by atoms with van der Waals surface area (Å²) >= 11 is 0. The van der Waals surface area contributed by atoms with Crippen LogP contribution in [0, 0.1) is 0 Å². The summed E-state index contributed by atoms with van der Waals surface area (Å²) in [7, 11) is 0. The smallest absolute Gasteiger partial charge is 0.310 e. The number of fused-ring (bicyclic) bond motifs is 1. The Morgan fingerprint density at radius 3 is 2.57 bits per heavy atom. The zero-order valence-corrected chi connectivity index (χ0v) is 12.0. The van der Waals surface area contributed by atoms with E-state index in [1.54, 1.807) is 0 Å². The second kappa shape index (κ2) is 6.13. The summed E-state index contributed by atoms with van der Waals surface area (Å²) in [5, 5.41) is 9.61. The first-order chi connectivity index (χ1) is 10.3. The zero-order chi connectivity index (χ0) is 14.7. The molecule has 108 valence electrons. The van der Waals surface area contributed by atoms with Crippen LogP contribution in [-0.2, 0) is 11.2 Å². The number of carbonyl (C=O) groups is 1. The van der Waals surface area contributed by atoms with E-state index in [0.717, 1.165) is 24.8 Å². The van der Waals surface area contributed by atoms with Crippen LogP contribution in [0.2, 0.25) is 0 Å². The van der Waals surface area contributed by atoms with Gasteiger partial charge in [0.15, 0.2) is 0 Å². The Balaban J connectivity index is 1.86. The maximum Gasteiger partial charge on any atom is 0.310 e. The minimum absolute atomic E-state index is 0.358. The molecular weight excluding hydrogens is 260 g/mol. The Labute approximate surface area is 125 Å². The fourth-order valence-corrected chi connectivity index (χ4v) is 3.45. The summed E-state index contributed by atoms with van der Waals surface area (Å²) < 4.78 is 0. The number of rotatable bonds is 4. The molecular formula is C19H20O2. The van der Waals surface area contributed by atoms with Crippen molar-refractivity contribution in [1.82, 2.24) is 0 Å². The van der Waals surface area contributed by atoms with E-state index in [4.69, 9.17) is 0 Å². The highest BCUT2D eigenvalue weighted by atomic mass is 16.4. The van der Waals surface area contributed by atoms with Crippen LogP contribution in [0.5, 0.6) is 0 Å². The summed E-state index contributed by atoms with van der Waals surface area (Å²) in [6, 6.07) is 18.1. The van der Waals surface area contributed by atoms with E-state index < -0.39 is 11.9 Å². The number of benzene rings is 2. The van der Waals surface area contributed by atoms with Crippen molar-refractivity contribution in [2.45, 2.75) is 37.5 Å². The molecule has 2 aromatic rings. The maximum absolute atomic E-state index is 11.7. The van der Waals surface area contributed by atoms with Crippen molar-refractivity contribution >= 4 is 5.97 Å². The van der Waals surface area contributed by atoms with E-state index in [-0.39, 0.29) is 0 Å². The predicted octanol–water partition coefficient (Wildman–Crippen LogP) is 4.37. The normalized spacial score (nSPS) is 18.8. The molecule has 1 aliphatic carbocycles. The topological polar surface area (TPSA) is 37.3 Å². The molecule has 0 aromatic heterocycles. The van der Waals surface area contributed by atoms with Crippen molar-refractivity contribution in [3.05, 3.63) is 71.3 Å². The largest absolute Gasteiger partial charge is 0.481 e. The van der Waals surface area contributed by atoms with Gasteiger partial charge in [-0.3, -0.25) is 4.79 Å². The highest BCUT2D eigenvalue weighted by Gasteiger charge is 2.27. The molecule has 2 nitrogen and oxygen atoms in total. The van der Waals surface area contributed by atoms with Crippen molar-refractivity contribution in [2.24, 2.45) is 0 Å². The van der Waals surface area contributed by atoms with Crippen molar-refractivity contribution in [1.29, 1.82) is 0 Å². The maximum atomic E-state index is 11.7. The van der Waals surface area contributed by atoms with Gasteiger partial charge in [-0.05, 0) is 48.3 Å².